The largest absolute Gasteiger partial charge is 0.308 e. The minimum Gasteiger partial charge on any atom is -0.308 e. The standard InChI is InChI=1S/C59H34N4S2/c1-2-14-35(15-3-1)37-19-12-20-40(30-37)57-60-58(46-25-13-24-44-43-23-9-11-27-53(43)64-56(44)46)62-59(61-57)49-34-54-48(45-29-28-36-16-6-7-21-41(36)55(45)65-54)33-52(49)63-50-26-10-8-22-42(50)47-31-38-17-4-5-18-39(38)32-51(47)63/h1-34H. The van der Waals surface area contributed by atoms with Gasteiger partial charge in [0, 0.05) is 67.8 Å². The second kappa shape index (κ2) is 14.2. The summed E-state index contributed by atoms with van der Waals surface area (Å²) in [6.45, 7) is 0. The van der Waals surface area contributed by atoms with Crippen molar-refractivity contribution in [3.05, 3.63) is 206 Å². The fourth-order valence-corrected chi connectivity index (χ4v) is 12.4. The van der Waals surface area contributed by atoms with Gasteiger partial charge in [-0.2, -0.15) is 0 Å². The molecule has 10 aromatic carbocycles. The lowest BCUT2D eigenvalue weighted by atomic mass is 10.0. The van der Waals surface area contributed by atoms with Crippen LogP contribution >= 0.6 is 22.7 Å². The molecule has 6 heteroatoms. The Kier molecular flexibility index (Phi) is 7.99. The number of aromatic nitrogens is 4. The van der Waals surface area contributed by atoms with E-state index in [0.717, 1.165) is 49.2 Å². The Bertz CT molecular complexity index is 4250. The molecule has 4 aromatic heterocycles. The molecule has 0 amide bonds. The SMILES string of the molecule is c1ccc(-c2cccc(-c3nc(-c4cc5sc6c7ccccc7ccc6c5cc4-n4c5ccccc5c5cc6ccccc6cc54)nc(-c4cccc5c4sc4ccccc45)n3)c2)cc1. The van der Waals surface area contributed by atoms with E-state index in [1.807, 2.05) is 11.3 Å². The van der Waals surface area contributed by atoms with Gasteiger partial charge in [-0.25, -0.2) is 15.0 Å². The number of benzene rings is 10. The van der Waals surface area contributed by atoms with Crippen molar-refractivity contribution in [1.82, 2.24) is 19.5 Å². The number of hydrogen-bond acceptors (Lipinski definition) is 5. The molecule has 14 rings (SSSR count). The molecule has 0 bridgehead atoms. The number of para-hydroxylation sites is 1. The smallest absolute Gasteiger partial charge is 0.166 e. The van der Waals surface area contributed by atoms with Crippen molar-refractivity contribution in [2.45, 2.75) is 0 Å². The van der Waals surface area contributed by atoms with Gasteiger partial charge in [-0.05, 0) is 81.2 Å². The molecule has 65 heavy (non-hydrogen) atoms. The monoisotopic (exact) mass is 862 g/mol. The second-order valence-corrected chi connectivity index (χ2v) is 18.8. The Hall–Kier alpha value is -8.03. The van der Waals surface area contributed by atoms with Gasteiger partial charge < -0.3 is 4.57 Å². The van der Waals surface area contributed by atoms with Crippen LogP contribution in [-0.2, 0) is 0 Å². The lowest BCUT2D eigenvalue weighted by Crippen LogP contribution is -2.04. The molecule has 0 aliphatic carbocycles. The molecule has 4 nitrogen and oxygen atoms in total. The zero-order valence-electron chi connectivity index (χ0n) is 34.7. The van der Waals surface area contributed by atoms with Crippen LogP contribution < -0.4 is 0 Å². The van der Waals surface area contributed by atoms with E-state index >= 15 is 0 Å². The highest BCUT2D eigenvalue weighted by Crippen LogP contribution is 2.46. The molecule has 0 saturated carbocycles. The van der Waals surface area contributed by atoms with Crippen LogP contribution in [0, 0.1) is 0 Å². The third-order valence-electron chi connectivity index (χ3n) is 13.0. The van der Waals surface area contributed by atoms with Crippen molar-refractivity contribution < 1.29 is 0 Å². The Morgan fingerprint density at radius 2 is 0.938 bits per heavy atom. The van der Waals surface area contributed by atoms with Gasteiger partial charge in [0.2, 0.25) is 0 Å². The Labute approximate surface area is 381 Å². The number of hydrogen-bond donors (Lipinski definition) is 0. The van der Waals surface area contributed by atoms with Crippen molar-refractivity contribution >= 4 is 106 Å². The number of nitrogens with zero attached hydrogens (tertiary/aromatic N) is 4. The molecule has 4 heterocycles. The predicted octanol–water partition coefficient (Wildman–Crippen LogP) is 16.7. The van der Waals surface area contributed by atoms with E-state index in [4.69, 9.17) is 15.0 Å². The van der Waals surface area contributed by atoms with E-state index in [1.54, 1.807) is 11.3 Å². The van der Waals surface area contributed by atoms with Gasteiger partial charge >= 0.3 is 0 Å². The summed E-state index contributed by atoms with van der Waals surface area (Å²) in [4.78, 5) is 16.5. The zero-order chi connectivity index (χ0) is 42.6. The van der Waals surface area contributed by atoms with Gasteiger partial charge in [0.15, 0.2) is 17.5 Å². The highest BCUT2D eigenvalue weighted by Gasteiger charge is 2.23. The first kappa shape index (κ1) is 36.5. The lowest BCUT2D eigenvalue weighted by molar-refractivity contribution is 1.07. The van der Waals surface area contributed by atoms with Crippen LogP contribution in [0.3, 0.4) is 0 Å². The maximum absolute atomic E-state index is 5.57. The summed E-state index contributed by atoms with van der Waals surface area (Å²) in [5.74, 6) is 1.90. The molecule has 302 valence electrons. The molecular formula is C59H34N4S2. The van der Waals surface area contributed by atoms with E-state index in [9.17, 15) is 0 Å². The highest BCUT2D eigenvalue weighted by atomic mass is 32.1. The summed E-state index contributed by atoms with van der Waals surface area (Å²) in [7, 11) is 0. The normalized spacial score (nSPS) is 12.0. The van der Waals surface area contributed by atoms with Crippen LogP contribution in [0.5, 0.6) is 0 Å². The summed E-state index contributed by atoms with van der Waals surface area (Å²) >= 11 is 3.63. The van der Waals surface area contributed by atoms with Crippen molar-refractivity contribution in [2.24, 2.45) is 0 Å². The second-order valence-electron chi connectivity index (χ2n) is 16.7. The quantitative estimate of drug-likeness (QED) is 0.173. The van der Waals surface area contributed by atoms with E-state index in [1.165, 1.54) is 68.0 Å². The van der Waals surface area contributed by atoms with Crippen molar-refractivity contribution in [1.29, 1.82) is 0 Å². The number of rotatable bonds is 5. The average Bonchev–Trinajstić information content (AvgIpc) is 4.04. The van der Waals surface area contributed by atoms with Crippen molar-refractivity contribution in [2.75, 3.05) is 0 Å². The number of fused-ring (bicyclic) bond motifs is 12. The van der Waals surface area contributed by atoms with Gasteiger partial charge in [-0.15, -0.1) is 22.7 Å². The third kappa shape index (κ3) is 5.71. The van der Waals surface area contributed by atoms with Crippen LogP contribution in [0.2, 0.25) is 0 Å². The van der Waals surface area contributed by atoms with Gasteiger partial charge in [0.25, 0.3) is 0 Å². The lowest BCUT2D eigenvalue weighted by Gasteiger charge is -2.16. The van der Waals surface area contributed by atoms with E-state index in [2.05, 4.69) is 211 Å². The molecule has 0 aliphatic rings. The van der Waals surface area contributed by atoms with E-state index < -0.39 is 0 Å². The Morgan fingerprint density at radius 1 is 0.308 bits per heavy atom. The number of thiophene rings is 2. The third-order valence-corrected chi connectivity index (χ3v) is 15.4. The fraction of sp³-hybridized carbons (Fsp3) is 0. The molecule has 0 unspecified atom stereocenters. The van der Waals surface area contributed by atoms with Gasteiger partial charge in [-0.1, -0.05) is 158 Å². The van der Waals surface area contributed by atoms with E-state index in [-0.39, 0.29) is 0 Å². The van der Waals surface area contributed by atoms with Crippen molar-refractivity contribution in [3.63, 3.8) is 0 Å². The average molecular weight is 863 g/mol. The van der Waals surface area contributed by atoms with Crippen LogP contribution in [0.1, 0.15) is 0 Å². The topological polar surface area (TPSA) is 43.6 Å². The van der Waals surface area contributed by atoms with Gasteiger partial charge in [-0.3, -0.25) is 0 Å². The van der Waals surface area contributed by atoms with Crippen LogP contribution in [0.15, 0.2) is 206 Å². The zero-order valence-corrected chi connectivity index (χ0v) is 36.4. The molecule has 0 radical (unpaired) electrons. The first-order valence-corrected chi connectivity index (χ1v) is 23.5. The Morgan fingerprint density at radius 3 is 1.82 bits per heavy atom. The molecule has 0 spiro atoms. The molecule has 0 N–H and O–H groups in total. The summed E-state index contributed by atoms with van der Waals surface area (Å²) < 4.78 is 7.31. The summed E-state index contributed by atoms with van der Waals surface area (Å²) in [5.41, 5.74) is 8.40. The molecule has 0 atom stereocenters. The summed E-state index contributed by atoms with van der Waals surface area (Å²) in [6.07, 6.45) is 0. The van der Waals surface area contributed by atoms with E-state index in [0.29, 0.717) is 17.5 Å². The van der Waals surface area contributed by atoms with Gasteiger partial charge in [0.05, 0.1) is 16.7 Å². The maximum Gasteiger partial charge on any atom is 0.166 e. The molecule has 0 fully saturated rings. The minimum atomic E-state index is 0.624. The highest BCUT2D eigenvalue weighted by molar-refractivity contribution is 7.27. The van der Waals surface area contributed by atoms with Crippen LogP contribution in [0.4, 0.5) is 0 Å². The van der Waals surface area contributed by atoms with Gasteiger partial charge in [0.1, 0.15) is 0 Å². The minimum absolute atomic E-state index is 0.624. The molecular weight excluding hydrogens is 829 g/mol. The Balaban J connectivity index is 1.11. The van der Waals surface area contributed by atoms with Crippen molar-refractivity contribution in [3.8, 4) is 51.0 Å². The maximum atomic E-state index is 5.57. The summed E-state index contributed by atoms with van der Waals surface area (Å²) in [5, 5.41) is 12.2. The fourth-order valence-electron chi connectivity index (χ4n) is 9.95. The first-order valence-electron chi connectivity index (χ1n) is 21.8. The first-order chi connectivity index (χ1) is 32.2. The molecule has 0 saturated heterocycles. The molecule has 14 aromatic rings. The molecule has 0 aliphatic heterocycles. The van der Waals surface area contributed by atoms with Crippen LogP contribution in [0.25, 0.3) is 135 Å². The predicted molar refractivity (Wildman–Crippen MR) is 277 cm³/mol. The van der Waals surface area contributed by atoms with Crippen LogP contribution in [-0.4, -0.2) is 19.5 Å². The summed E-state index contributed by atoms with van der Waals surface area (Å²) in [6, 6.07) is 74.4.